The third-order valence-corrected chi connectivity index (χ3v) is 5.73. The molecule has 0 radical (unpaired) electrons. The van der Waals surface area contributed by atoms with E-state index < -0.39 is 5.41 Å². The third-order valence-electron chi connectivity index (χ3n) is 5.73. The van der Waals surface area contributed by atoms with E-state index in [2.05, 4.69) is 44.0 Å². The number of benzene rings is 1. The van der Waals surface area contributed by atoms with Gasteiger partial charge in [-0.05, 0) is 47.1 Å². The lowest BCUT2D eigenvalue weighted by Crippen LogP contribution is -2.45. The number of nitrogens with zero attached hydrogens (tertiary/aromatic N) is 3. The van der Waals surface area contributed by atoms with Gasteiger partial charge in [0.15, 0.2) is 0 Å². The van der Waals surface area contributed by atoms with Crippen LogP contribution < -0.4 is 0 Å². The fourth-order valence-electron chi connectivity index (χ4n) is 4.32. The van der Waals surface area contributed by atoms with Crippen molar-refractivity contribution in [3.8, 4) is 11.1 Å². The molecule has 0 bridgehead atoms. The Hall–Kier alpha value is -2.69. The molecule has 1 aliphatic rings. The molecule has 0 aliphatic carbocycles. The lowest BCUT2D eigenvalue weighted by atomic mass is 9.79. The van der Waals surface area contributed by atoms with Crippen LogP contribution in [0.1, 0.15) is 39.2 Å². The van der Waals surface area contributed by atoms with Crippen LogP contribution in [0, 0.1) is 10.8 Å². The van der Waals surface area contributed by atoms with Crippen molar-refractivity contribution < 1.29 is 9.59 Å². The normalized spacial score (nSPS) is 19.0. The molecule has 2 amide bonds. The Morgan fingerprint density at radius 2 is 1.80 bits per heavy atom. The zero-order valence-electron chi connectivity index (χ0n) is 18.8. The number of rotatable bonds is 5. The number of carbonyl (C=O) groups is 2. The van der Waals surface area contributed by atoms with Gasteiger partial charge in [-0.25, -0.2) is 0 Å². The maximum atomic E-state index is 13.3. The number of hydrogen-bond donors (Lipinski definition) is 0. The third kappa shape index (κ3) is 5.07. The summed E-state index contributed by atoms with van der Waals surface area (Å²) in [7, 11) is 3.61. The minimum absolute atomic E-state index is 0.0627. The molecule has 1 fully saturated rings. The predicted molar refractivity (Wildman–Crippen MR) is 120 cm³/mol. The fourth-order valence-corrected chi connectivity index (χ4v) is 4.32. The summed E-state index contributed by atoms with van der Waals surface area (Å²) in [5, 5.41) is 0. The largest absolute Gasteiger partial charge is 0.348 e. The summed E-state index contributed by atoms with van der Waals surface area (Å²) in [5.41, 5.74) is 2.69. The second-order valence-electron chi connectivity index (χ2n) is 9.90. The molecule has 1 atom stereocenters. The van der Waals surface area contributed by atoms with Crippen LogP contribution in [0.25, 0.3) is 11.1 Å². The molecule has 1 saturated heterocycles. The second kappa shape index (κ2) is 8.58. The summed E-state index contributed by atoms with van der Waals surface area (Å²) in [6.07, 6.45) is 5.39. The molecule has 3 rings (SSSR count). The first kappa shape index (κ1) is 22.0. The summed E-state index contributed by atoms with van der Waals surface area (Å²) in [5.74, 6) is 0.240. The molecule has 0 unspecified atom stereocenters. The van der Waals surface area contributed by atoms with Gasteiger partial charge in [0, 0.05) is 46.0 Å². The summed E-state index contributed by atoms with van der Waals surface area (Å²) in [4.78, 5) is 33.7. The molecular formula is C25H33N3O2. The first-order valence-corrected chi connectivity index (χ1v) is 10.6. The van der Waals surface area contributed by atoms with Gasteiger partial charge in [0.2, 0.25) is 11.8 Å². The van der Waals surface area contributed by atoms with Gasteiger partial charge < -0.3 is 9.80 Å². The van der Waals surface area contributed by atoms with Gasteiger partial charge in [-0.3, -0.25) is 14.6 Å². The molecule has 0 saturated carbocycles. The van der Waals surface area contributed by atoms with Crippen LogP contribution in [-0.2, 0) is 16.0 Å². The van der Waals surface area contributed by atoms with Crippen molar-refractivity contribution in [3.05, 3.63) is 54.4 Å². The predicted octanol–water partition coefficient (Wildman–Crippen LogP) is 4.03. The van der Waals surface area contributed by atoms with Crippen LogP contribution in [0.3, 0.4) is 0 Å². The Kier molecular flexibility index (Phi) is 6.30. The van der Waals surface area contributed by atoms with Crippen molar-refractivity contribution in [3.63, 3.8) is 0 Å². The molecule has 1 aromatic carbocycles. The molecular weight excluding hydrogens is 374 g/mol. The maximum Gasteiger partial charge on any atom is 0.230 e. The molecule has 0 N–H and O–H groups in total. The van der Waals surface area contributed by atoms with Crippen LogP contribution in [0.15, 0.2) is 48.8 Å². The van der Waals surface area contributed by atoms with Crippen molar-refractivity contribution >= 4 is 11.8 Å². The van der Waals surface area contributed by atoms with E-state index in [1.165, 1.54) is 0 Å². The Morgan fingerprint density at radius 3 is 2.43 bits per heavy atom. The lowest BCUT2D eigenvalue weighted by Gasteiger charge is -2.31. The van der Waals surface area contributed by atoms with Gasteiger partial charge in [-0.15, -0.1) is 0 Å². The number of carbonyl (C=O) groups excluding carboxylic acids is 2. The van der Waals surface area contributed by atoms with E-state index in [1.807, 2.05) is 23.1 Å². The van der Waals surface area contributed by atoms with Crippen LogP contribution in [0.5, 0.6) is 0 Å². The SMILES string of the molecule is CN(C)C(=O)[C@]1(Cc2cccc(-c3ccncc3)c2)CCN(C(=O)CC(C)(C)C)C1. The zero-order chi connectivity index (χ0) is 21.9. The Labute approximate surface area is 180 Å². The van der Waals surface area contributed by atoms with E-state index in [0.717, 1.165) is 16.7 Å². The maximum absolute atomic E-state index is 13.3. The molecule has 160 valence electrons. The minimum Gasteiger partial charge on any atom is -0.348 e. The van der Waals surface area contributed by atoms with Gasteiger partial charge in [0.1, 0.15) is 0 Å². The van der Waals surface area contributed by atoms with E-state index >= 15 is 0 Å². The second-order valence-corrected chi connectivity index (χ2v) is 9.90. The monoisotopic (exact) mass is 407 g/mol. The summed E-state index contributed by atoms with van der Waals surface area (Å²) < 4.78 is 0. The highest BCUT2D eigenvalue weighted by Gasteiger charge is 2.46. The summed E-state index contributed by atoms with van der Waals surface area (Å²) in [6, 6.07) is 12.3. The van der Waals surface area contributed by atoms with Crippen LogP contribution in [0.4, 0.5) is 0 Å². The summed E-state index contributed by atoms with van der Waals surface area (Å²) >= 11 is 0. The standard InChI is InChI=1S/C25H33N3O2/c1-24(2,3)17-22(29)28-14-11-25(18-28,23(30)27(4)5)16-19-7-6-8-21(15-19)20-9-12-26-13-10-20/h6-10,12-13,15H,11,14,16-18H2,1-5H3/t25-/m0/s1. The highest BCUT2D eigenvalue weighted by Crippen LogP contribution is 2.37. The highest BCUT2D eigenvalue weighted by atomic mass is 16.2. The van der Waals surface area contributed by atoms with Crippen molar-refractivity contribution in [1.29, 1.82) is 0 Å². The van der Waals surface area contributed by atoms with E-state index in [9.17, 15) is 9.59 Å². The average Bonchev–Trinajstić information content (AvgIpc) is 3.12. The van der Waals surface area contributed by atoms with Gasteiger partial charge in [0.25, 0.3) is 0 Å². The van der Waals surface area contributed by atoms with Crippen molar-refractivity contribution in [2.24, 2.45) is 10.8 Å². The molecule has 1 aromatic heterocycles. The quantitative estimate of drug-likeness (QED) is 0.752. The minimum atomic E-state index is -0.575. The van der Waals surface area contributed by atoms with Crippen LogP contribution in [0.2, 0.25) is 0 Å². The average molecular weight is 408 g/mol. The van der Waals surface area contributed by atoms with Gasteiger partial charge in [-0.1, -0.05) is 45.0 Å². The van der Waals surface area contributed by atoms with Gasteiger partial charge in [0.05, 0.1) is 5.41 Å². The topological polar surface area (TPSA) is 53.5 Å². The first-order chi connectivity index (χ1) is 14.1. The molecule has 5 nitrogen and oxygen atoms in total. The molecule has 2 heterocycles. The number of pyridine rings is 1. The van der Waals surface area contributed by atoms with Crippen LogP contribution in [-0.4, -0.2) is 53.8 Å². The first-order valence-electron chi connectivity index (χ1n) is 10.6. The Morgan fingerprint density at radius 1 is 1.10 bits per heavy atom. The van der Waals surface area contributed by atoms with Crippen molar-refractivity contribution in [2.45, 2.75) is 40.0 Å². The van der Waals surface area contributed by atoms with Gasteiger partial charge in [-0.2, -0.15) is 0 Å². The molecule has 0 spiro atoms. The lowest BCUT2D eigenvalue weighted by molar-refractivity contribution is -0.140. The van der Waals surface area contributed by atoms with E-state index in [-0.39, 0.29) is 17.2 Å². The number of likely N-dealkylation sites (tertiary alicyclic amines) is 1. The Bertz CT molecular complexity index is 902. The van der Waals surface area contributed by atoms with Crippen LogP contribution >= 0.6 is 0 Å². The zero-order valence-corrected chi connectivity index (χ0v) is 18.8. The Balaban J connectivity index is 1.86. The fraction of sp³-hybridized carbons (Fsp3) is 0.480. The highest BCUT2D eigenvalue weighted by molar-refractivity contribution is 5.85. The molecule has 5 heteroatoms. The summed E-state index contributed by atoms with van der Waals surface area (Å²) in [6.45, 7) is 7.34. The van der Waals surface area contributed by atoms with E-state index in [0.29, 0.717) is 32.4 Å². The van der Waals surface area contributed by atoms with Gasteiger partial charge >= 0.3 is 0 Å². The van der Waals surface area contributed by atoms with Crippen molar-refractivity contribution in [1.82, 2.24) is 14.8 Å². The van der Waals surface area contributed by atoms with Crippen molar-refractivity contribution in [2.75, 3.05) is 27.2 Å². The number of amides is 2. The molecule has 2 aromatic rings. The van der Waals surface area contributed by atoms with E-state index in [4.69, 9.17) is 0 Å². The molecule has 1 aliphatic heterocycles. The smallest absolute Gasteiger partial charge is 0.230 e. The van der Waals surface area contributed by atoms with E-state index in [1.54, 1.807) is 31.4 Å². The number of hydrogen-bond acceptors (Lipinski definition) is 3. The number of aromatic nitrogens is 1. The molecule has 30 heavy (non-hydrogen) atoms.